The Bertz CT molecular complexity index is 983. The monoisotopic (exact) mass is 559 g/mol. The van der Waals surface area contributed by atoms with Crippen molar-refractivity contribution in [3.63, 3.8) is 0 Å². The summed E-state index contributed by atoms with van der Waals surface area (Å²) in [5, 5.41) is 0.132. The molecule has 0 amide bonds. The summed E-state index contributed by atoms with van der Waals surface area (Å²) in [7, 11) is 0. The third kappa shape index (κ3) is 14.8. The molecule has 1 aromatic heterocycles. The Kier molecular flexibility index (Phi) is 18.0. The van der Waals surface area contributed by atoms with Crippen molar-refractivity contribution >= 4 is 12.6 Å². The molecule has 1 nitrogen and oxygen atoms in total. The van der Waals surface area contributed by atoms with Gasteiger partial charge in [0.15, 0.2) is 0 Å². The topological polar surface area (TPSA) is 12.9 Å². The van der Waals surface area contributed by atoms with Gasteiger partial charge in [0.05, 0.1) is 0 Å². The van der Waals surface area contributed by atoms with E-state index in [1.807, 2.05) is 79.9 Å². The van der Waals surface area contributed by atoms with E-state index in [0.717, 1.165) is 29.7 Å². The van der Waals surface area contributed by atoms with Crippen LogP contribution in [0.25, 0.3) is 0 Å². The molecule has 4 aromatic rings. The van der Waals surface area contributed by atoms with Crippen LogP contribution in [0.2, 0.25) is 0 Å². The summed E-state index contributed by atoms with van der Waals surface area (Å²) in [5.74, 6) is 0. The van der Waals surface area contributed by atoms with Gasteiger partial charge < -0.3 is 12.6 Å². The molecule has 1 heterocycles. The predicted molar refractivity (Wildman–Crippen MR) is 152 cm³/mol. The van der Waals surface area contributed by atoms with Crippen molar-refractivity contribution in [3.8, 4) is 0 Å². The molecule has 0 saturated carbocycles. The van der Waals surface area contributed by atoms with Crippen LogP contribution in [-0.4, -0.2) is 4.98 Å². The van der Waals surface area contributed by atoms with Gasteiger partial charge >= 0.3 is 26.2 Å². The van der Waals surface area contributed by atoms with Gasteiger partial charge in [-0.15, -0.1) is 29.5 Å². The molecule has 0 bridgehead atoms. The first-order valence-corrected chi connectivity index (χ1v) is 12.3. The van der Waals surface area contributed by atoms with Gasteiger partial charge in [-0.3, -0.25) is 4.98 Å². The number of benzene rings is 2. The van der Waals surface area contributed by atoms with Crippen molar-refractivity contribution in [2.75, 3.05) is 0 Å². The number of nitrogens with zero attached hydrogens (tertiary/aromatic N) is 1. The first-order chi connectivity index (χ1) is 16.2. The van der Waals surface area contributed by atoms with E-state index in [9.17, 15) is 0 Å². The molecule has 0 aliphatic carbocycles. The largest absolute Gasteiger partial charge is 4.00 e. The second-order valence-corrected chi connectivity index (χ2v) is 9.02. The van der Waals surface area contributed by atoms with Gasteiger partial charge in [-0.1, -0.05) is 59.2 Å². The summed E-state index contributed by atoms with van der Waals surface area (Å²) in [4.78, 5) is 4.29. The van der Waals surface area contributed by atoms with Crippen LogP contribution >= 0.6 is 0 Å². The van der Waals surface area contributed by atoms with Crippen LogP contribution in [0.5, 0.6) is 0 Å². The van der Waals surface area contributed by atoms with Crippen LogP contribution in [0.15, 0.2) is 91.1 Å². The van der Waals surface area contributed by atoms with Gasteiger partial charge in [-0.2, -0.15) is 66.4 Å². The van der Waals surface area contributed by atoms with E-state index in [-0.39, 0.29) is 31.5 Å². The van der Waals surface area contributed by atoms with Gasteiger partial charge in [0, 0.05) is 11.9 Å². The Morgan fingerprint density at radius 2 is 1.40 bits per heavy atom. The summed E-state index contributed by atoms with van der Waals surface area (Å²) < 4.78 is 0. The Morgan fingerprint density at radius 3 is 1.69 bits per heavy atom. The maximum Gasteiger partial charge on any atom is 4.00 e. The molecule has 182 valence electrons. The molecule has 0 saturated heterocycles. The summed E-state index contributed by atoms with van der Waals surface area (Å²) in [5.41, 5.74) is 8.71. The predicted octanol–water partition coefficient (Wildman–Crippen LogP) is 8.71. The average molecular weight is 561 g/mol. The van der Waals surface area contributed by atoms with Gasteiger partial charge in [-0.05, 0) is 18.1 Å². The number of rotatable bonds is 3. The quantitative estimate of drug-likeness (QED) is 0.184. The normalized spacial score (nSPS) is 10.1. The van der Waals surface area contributed by atoms with Crippen molar-refractivity contribution in [2.45, 2.75) is 52.7 Å². The SMILES string of the molecule is CCCc1cccnc1C(C)[S-].Cc1cc(C)[c-](C)c1.[CH2-]c1ccccc1.[CH2-]c1ccccc1.[Zr+4]. The Balaban J connectivity index is 0.000000448. The maximum absolute atomic E-state index is 5.18. The van der Waals surface area contributed by atoms with Crippen LogP contribution in [0.4, 0.5) is 0 Å². The fourth-order valence-electron chi connectivity index (χ4n) is 3.21. The molecule has 35 heavy (non-hydrogen) atoms. The average Bonchev–Trinajstić information content (AvgIpc) is 3.11. The fraction of sp³-hybridized carbons (Fsp3) is 0.250. The van der Waals surface area contributed by atoms with E-state index in [2.05, 4.69) is 64.7 Å². The summed E-state index contributed by atoms with van der Waals surface area (Å²) >= 11 is 5.18. The number of hydrogen-bond acceptors (Lipinski definition) is 2. The minimum atomic E-state index is 0. The van der Waals surface area contributed by atoms with E-state index in [1.165, 1.54) is 22.3 Å². The zero-order valence-corrected chi connectivity index (χ0v) is 25.2. The van der Waals surface area contributed by atoms with E-state index in [1.54, 1.807) is 0 Å². The van der Waals surface area contributed by atoms with Crippen molar-refractivity contribution in [2.24, 2.45) is 0 Å². The molecule has 1 atom stereocenters. The van der Waals surface area contributed by atoms with Crippen LogP contribution in [0, 0.1) is 34.6 Å². The minimum Gasteiger partial charge on any atom is -0.783 e. The smallest absolute Gasteiger partial charge is 0.783 e. The van der Waals surface area contributed by atoms with Crippen molar-refractivity contribution in [1.29, 1.82) is 0 Å². The second-order valence-electron chi connectivity index (χ2n) is 8.31. The Labute approximate surface area is 239 Å². The van der Waals surface area contributed by atoms with Crippen molar-refractivity contribution < 1.29 is 26.2 Å². The van der Waals surface area contributed by atoms with Crippen LogP contribution in [0.3, 0.4) is 0 Å². The molecule has 3 heteroatoms. The molecule has 4 rings (SSSR count). The van der Waals surface area contributed by atoms with E-state index >= 15 is 0 Å². The number of aryl methyl sites for hydroxylation is 4. The van der Waals surface area contributed by atoms with E-state index in [0.29, 0.717) is 0 Å². The maximum atomic E-state index is 5.18. The van der Waals surface area contributed by atoms with Crippen molar-refractivity contribution in [3.05, 3.63) is 144 Å². The molecule has 3 aromatic carbocycles. The van der Waals surface area contributed by atoms with Gasteiger partial charge in [0.25, 0.3) is 0 Å². The first-order valence-electron chi connectivity index (χ1n) is 11.8. The molecule has 0 fully saturated rings. The Hall–Kier alpha value is -2.09. The zero-order valence-electron chi connectivity index (χ0n) is 21.9. The standard InChI is InChI=1S/C10H15NS.C8H11.2C7H7.Zr/c1-3-5-9-6-4-7-11-10(9)8(2)12;1-6-4-7(2)8(3)5-6;2*1-7-5-3-2-4-6-7;/h4,6-8,12H,3,5H2,1-2H3;4-5H,1-3H3;2*2-6H,1H2;/q;3*-1;+4/p-1. The third-order valence-corrected chi connectivity index (χ3v) is 5.25. The van der Waals surface area contributed by atoms with Gasteiger partial charge in [0.1, 0.15) is 0 Å². The zero-order chi connectivity index (χ0) is 25.3. The molecule has 0 radical (unpaired) electrons. The van der Waals surface area contributed by atoms with Crippen molar-refractivity contribution in [1.82, 2.24) is 4.98 Å². The van der Waals surface area contributed by atoms with E-state index < -0.39 is 0 Å². The molecule has 0 aliphatic rings. The fourth-order valence-corrected chi connectivity index (χ4v) is 3.42. The minimum absolute atomic E-state index is 0. The van der Waals surface area contributed by atoms with Crippen LogP contribution < -0.4 is 0 Å². The first kappa shape index (κ1) is 32.9. The van der Waals surface area contributed by atoms with Gasteiger partial charge in [0.2, 0.25) is 0 Å². The summed E-state index contributed by atoms with van der Waals surface area (Å²) in [6.45, 7) is 18.0. The van der Waals surface area contributed by atoms with E-state index in [4.69, 9.17) is 12.6 Å². The molecular formula is C32H39NSZr. The molecule has 1 unspecified atom stereocenters. The summed E-state index contributed by atoms with van der Waals surface area (Å²) in [6, 6.07) is 28.3. The Morgan fingerprint density at radius 1 is 0.886 bits per heavy atom. The number of pyridine rings is 1. The second kappa shape index (κ2) is 19.1. The van der Waals surface area contributed by atoms with Crippen LogP contribution in [-0.2, 0) is 45.3 Å². The number of aromatic nitrogens is 1. The van der Waals surface area contributed by atoms with Gasteiger partial charge in [-0.25, -0.2) is 11.6 Å². The molecule has 0 aliphatic heterocycles. The molecule has 0 spiro atoms. The summed E-state index contributed by atoms with van der Waals surface area (Å²) in [6.07, 6.45) is 4.06. The molecule has 0 N–H and O–H groups in total. The third-order valence-electron chi connectivity index (χ3n) is 5.03. The number of hydrogen-bond donors (Lipinski definition) is 0. The molecular weight excluding hydrogens is 522 g/mol. The van der Waals surface area contributed by atoms with Crippen LogP contribution in [0.1, 0.15) is 64.6 Å².